The quantitative estimate of drug-likeness (QED) is 0.684. The molecule has 0 heterocycles. The van der Waals surface area contributed by atoms with Gasteiger partial charge in [0.2, 0.25) is 0 Å². The average Bonchev–Trinajstić information content (AvgIpc) is 2.37. The first kappa shape index (κ1) is 8.50. The van der Waals surface area contributed by atoms with E-state index in [2.05, 4.69) is 0 Å². The topological polar surface area (TPSA) is 37.3 Å². The molecule has 0 saturated heterocycles. The second kappa shape index (κ2) is 3.69. The van der Waals surface area contributed by atoms with Gasteiger partial charge in [0, 0.05) is 0 Å². The highest BCUT2D eigenvalue weighted by Crippen LogP contribution is 2.32. The first-order valence-electron chi connectivity index (χ1n) is 4.02. The van der Waals surface area contributed by atoms with E-state index in [0.717, 1.165) is 12.8 Å². The zero-order valence-electron chi connectivity index (χ0n) is 6.42. The highest BCUT2D eigenvalue weighted by molar-refractivity contribution is 5.70. The molecule has 0 spiro atoms. The Labute approximate surface area is 65.4 Å². The molecule has 0 aliphatic heterocycles. The van der Waals surface area contributed by atoms with Crippen LogP contribution in [-0.4, -0.2) is 17.8 Å². The molecule has 2 unspecified atom stereocenters. The molecule has 0 aromatic carbocycles. The van der Waals surface area contributed by atoms with Crippen LogP contribution in [0, 0.1) is 11.8 Å². The molecule has 11 heavy (non-hydrogen) atoms. The molecular weight excluding hydrogens is 147 g/mol. The highest BCUT2D eigenvalue weighted by atomic mass is 19.1. The fraction of sp³-hybridized carbons (Fsp3) is 0.875. The minimum Gasteiger partial charge on any atom is -0.481 e. The Balaban J connectivity index is 2.29. The maximum absolute atomic E-state index is 11.8. The molecule has 1 aliphatic rings. The maximum Gasteiger partial charge on any atom is 0.306 e. The standard InChI is InChI=1S/C8H13FO2/c9-4-3-6-1-2-7(5-6)8(10)11/h6-7H,1-5H2,(H,10,11). The summed E-state index contributed by atoms with van der Waals surface area (Å²) in [5, 5.41) is 8.61. The van der Waals surface area contributed by atoms with Gasteiger partial charge in [-0.15, -0.1) is 0 Å². The van der Waals surface area contributed by atoms with Gasteiger partial charge in [-0.05, 0) is 31.6 Å². The highest BCUT2D eigenvalue weighted by Gasteiger charge is 2.28. The van der Waals surface area contributed by atoms with Crippen LogP contribution in [0.4, 0.5) is 4.39 Å². The number of carboxylic acid groups (broad SMARTS) is 1. The number of aliphatic carboxylic acids is 1. The second-order valence-electron chi connectivity index (χ2n) is 3.19. The Morgan fingerprint density at radius 2 is 2.27 bits per heavy atom. The van der Waals surface area contributed by atoms with Crippen LogP contribution in [0.2, 0.25) is 0 Å². The van der Waals surface area contributed by atoms with Crippen molar-refractivity contribution in [1.82, 2.24) is 0 Å². The van der Waals surface area contributed by atoms with Crippen molar-refractivity contribution in [2.24, 2.45) is 11.8 Å². The van der Waals surface area contributed by atoms with Crippen molar-refractivity contribution < 1.29 is 14.3 Å². The molecule has 0 amide bonds. The third-order valence-corrected chi connectivity index (χ3v) is 2.41. The molecule has 0 aromatic heterocycles. The Bertz CT molecular complexity index is 147. The van der Waals surface area contributed by atoms with Crippen molar-refractivity contribution in [3.05, 3.63) is 0 Å². The van der Waals surface area contributed by atoms with Crippen LogP contribution in [0.5, 0.6) is 0 Å². The van der Waals surface area contributed by atoms with Crippen molar-refractivity contribution in [2.45, 2.75) is 25.7 Å². The lowest BCUT2D eigenvalue weighted by Gasteiger charge is -2.04. The fourth-order valence-corrected chi connectivity index (χ4v) is 1.72. The maximum atomic E-state index is 11.8. The van der Waals surface area contributed by atoms with Crippen LogP contribution in [0.25, 0.3) is 0 Å². The van der Waals surface area contributed by atoms with Gasteiger partial charge in [-0.25, -0.2) is 0 Å². The van der Waals surface area contributed by atoms with E-state index in [9.17, 15) is 9.18 Å². The van der Waals surface area contributed by atoms with Crippen LogP contribution < -0.4 is 0 Å². The lowest BCUT2D eigenvalue weighted by Crippen LogP contribution is -2.09. The number of carboxylic acids is 1. The summed E-state index contributed by atoms with van der Waals surface area (Å²) >= 11 is 0. The third kappa shape index (κ3) is 2.17. The lowest BCUT2D eigenvalue weighted by atomic mass is 10.0. The molecule has 1 aliphatic carbocycles. The SMILES string of the molecule is O=C(O)C1CCC(CCF)C1. The number of rotatable bonds is 3. The number of halogens is 1. The smallest absolute Gasteiger partial charge is 0.306 e. The van der Waals surface area contributed by atoms with Crippen molar-refractivity contribution in [3.63, 3.8) is 0 Å². The molecule has 1 fully saturated rings. The Morgan fingerprint density at radius 1 is 1.55 bits per heavy atom. The monoisotopic (exact) mass is 160 g/mol. The van der Waals surface area contributed by atoms with E-state index in [1.165, 1.54) is 0 Å². The van der Waals surface area contributed by atoms with Crippen molar-refractivity contribution in [1.29, 1.82) is 0 Å². The van der Waals surface area contributed by atoms with Crippen LogP contribution in [0.3, 0.4) is 0 Å². The Kier molecular flexibility index (Phi) is 2.85. The minimum atomic E-state index is -0.716. The van der Waals surface area contributed by atoms with Gasteiger partial charge >= 0.3 is 5.97 Å². The van der Waals surface area contributed by atoms with Crippen molar-refractivity contribution >= 4 is 5.97 Å². The zero-order chi connectivity index (χ0) is 8.27. The van der Waals surface area contributed by atoms with E-state index in [-0.39, 0.29) is 12.6 Å². The summed E-state index contributed by atoms with van der Waals surface area (Å²) in [5.41, 5.74) is 0. The summed E-state index contributed by atoms with van der Waals surface area (Å²) in [6, 6.07) is 0. The van der Waals surface area contributed by atoms with Crippen LogP contribution in [0.1, 0.15) is 25.7 Å². The van der Waals surface area contributed by atoms with Gasteiger partial charge < -0.3 is 5.11 Å². The number of alkyl halides is 1. The summed E-state index contributed by atoms with van der Waals surface area (Å²) in [5.74, 6) is -0.598. The molecule has 64 valence electrons. The van der Waals surface area contributed by atoms with E-state index in [1.807, 2.05) is 0 Å². The van der Waals surface area contributed by atoms with E-state index in [4.69, 9.17) is 5.11 Å². The van der Waals surface area contributed by atoms with Gasteiger partial charge in [-0.1, -0.05) is 0 Å². The Morgan fingerprint density at radius 3 is 2.73 bits per heavy atom. The summed E-state index contributed by atoms with van der Waals surface area (Å²) in [4.78, 5) is 10.5. The van der Waals surface area contributed by atoms with Gasteiger partial charge in [-0.2, -0.15) is 0 Å². The summed E-state index contributed by atoms with van der Waals surface area (Å²) < 4.78 is 11.8. The summed E-state index contributed by atoms with van der Waals surface area (Å²) in [7, 11) is 0. The number of hydrogen-bond donors (Lipinski definition) is 1. The van der Waals surface area contributed by atoms with Gasteiger partial charge in [0.25, 0.3) is 0 Å². The van der Waals surface area contributed by atoms with E-state index in [0.29, 0.717) is 18.8 Å². The lowest BCUT2D eigenvalue weighted by molar-refractivity contribution is -0.141. The summed E-state index contributed by atoms with van der Waals surface area (Å²) in [6.45, 7) is -0.309. The molecule has 0 aromatic rings. The van der Waals surface area contributed by atoms with E-state index in [1.54, 1.807) is 0 Å². The normalized spacial score (nSPS) is 30.6. The van der Waals surface area contributed by atoms with Gasteiger partial charge in [0.15, 0.2) is 0 Å². The second-order valence-corrected chi connectivity index (χ2v) is 3.19. The van der Waals surface area contributed by atoms with Gasteiger partial charge in [0.05, 0.1) is 12.6 Å². The summed E-state index contributed by atoms with van der Waals surface area (Å²) in [6.07, 6.45) is 2.85. The first-order valence-corrected chi connectivity index (χ1v) is 4.02. The third-order valence-electron chi connectivity index (χ3n) is 2.41. The molecule has 1 rings (SSSR count). The zero-order valence-corrected chi connectivity index (χ0v) is 6.42. The molecule has 1 N–H and O–H groups in total. The van der Waals surface area contributed by atoms with Crippen LogP contribution >= 0.6 is 0 Å². The molecule has 0 radical (unpaired) electrons. The van der Waals surface area contributed by atoms with Crippen LogP contribution in [-0.2, 0) is 4.79 Å². The minimum absolute atomic E-state index is 0.202. The van der Waals surface area contributed by atoms with E-state index >= 15 is 0 Å². The fourth-order valence-electron chi connectivity index (χ4n) is 1.72. The van der Waals surface area contributed by atoms with Gasteiger partial charge in [-0.3, -0.25) is 9.18 Å². The predicted molar refractivity (Wildman–Crippen MR) is 39.1 cm³/mol. The molecule has 2 nitrogen and oxygen atoms in total. The predicted octanol–water partition coefficient (Wildman–Crippen LogP) is 1.85. The molecule has 2 atom stereocenters. The molecule has 3 heteroatoms. The largest absolute Gasteiger partial charge is 0.481 e. The Hall–Kier alpha value is -0.600. The molecule has 1 saturated carbocycles. The van der Waals surface area contributed by atoms with Gasteiger partial charge in [0.1, 0.15) is 0 Å². The van der Waals surface area contributed by atoms with E-state index < -0.39 is 5.97 Å². The number of hydrogen-bond acceptors (Lipinski definition) is 1. The first-order chi connectivity index (χ1) is 5.24. The molecule has 0 bridgehead atoms. The number of carbonyl (C=O) groups is 1. The van der Waals surface area contributed by atoms with Crippen molar-refractivity contribution in [2.75, 3.05) is 6.67 Å². The average molecular weight is 160 g/mol. The molecular formula is C8H13FO2. The van der Waals surface area contributed by atoms with Crippen molar-refractivity contribution in [3.8, 4) is 0 Å². The van der Waals surface area contributed by atoms with Crippen LogP contribution in [0.15, 0.2) is 0 Å².